The number of aryl methyl sites for hydroxylation is 1. The standard InChI is InChI=1S/C21H26N4O5/c1-14-18(30-13-23-14)20(26)24-9-5-16(6-10-24)25-17(15-3-7-22-8-4-15)19(21(25)27)29-12-11-28-2/h3-4,7-8,13,16-17,19H,5-6,9-12H2,1-2H3/t17-,19+/m0/s1. The molecule has 30 heavy (non-hydrogen) atoms. The molecule has 9 heteroatoms. The topological polar surface area (TPSA) is 98.0 Å². The van der Waals surface area contributed by atoms with Gasteiger partial charge in [0.05, 0.1) is 24.9 Å². The molecule has 2 aromatic rings. The summed E-state index contributed by atoms with van der Waals surface area (Å²) in [7, 11) is 1.61. The Hall–Kier alpha value is -2.78. The molecular formula is C21H26N4O5. The molecule has 2 atom stereocenters. The lowest BCUT2D eigenvalue weighted by molar-refractivity contribution is -0.183. The lowest BCUT2D eigenvalue weighted by Crippen LogP contribution is -2.65. The van der Waals surface area contributed by atoms with E-state index in [1.807, 2.05) is 17.0 Å². The van der Waals surface area contributed by atoms with Gasteiger partial charge in [0.1, 0.15) is 0 Å². The maximum absolute atomic E-state index is 12.9. The van der Waals surface area contributed by atoms with Gasteiger partial charge in [-0.05, 0) is 37.5 Å². The molecule has 2 aliphatic rings. The zero-order valence-corrected chi connectivity index (χ0v) is 17.2. The second kappa shape index (κ2) is 8.93. The van der Waals surface area contributed by atoms with Gasteiger partial charge in [0.15, 0.2) is 12.5 Å². The molecule has 2 aromatic heterocycles. The van der Waals surface area contributed by atoms with Gasteiger partial charge in [-0.3, -0.25) is 14.6 Å². The van der Waals surface area contributed by atoms with Crippen LogP contribution < -0.4 is 0 Å². The van der Waals surface area contributed by atoms with Gasteiger partial charge in [0, 0.05) is 38.6 Å². The van der Waals surface area contributed by atoms with Crippen molar-refractivity contribution in [2.45, 2.75) is 38.0 Å². The highest BCUT2D eigenvalue weighted by molar-refractivity contribution is 5.92. The van der Waals surface area contributed by atoms with E-state index in [0.29, 0.717) is 44.8 Å². The van der Waals surface area contributed by atoms with Gasteiger partial charge in [0.2, 0.25) is 5.76 Å². The van der Waals surface area contributed by atoms with Crippen molar-refractivity contribution >= 4 is 11.8 Å². The van der Waals surface area contributed by atoms with E-state index in [2.05, 4.69) is 9.97 Å². The molecule has 2 aliphatic heterocycles. The van der Waals surface area contributed by atoms with Crippen LogP contribution in [0.5, 0.6) is 0 Å². The Kier molecular flexibility index (Phi) is 6.10. The van der Waals surface area contributed by atoms with Crippen molar-refractivity contribution in [2.75, 3.05) is 33.4 Å². The molecule has 2 fully saturated rings. The zero-order chi connectivity index (χ0) is 21.1. The van der Waals surface area contributed by atoms with Crippen molar-refractivity contribution in [3.05, 3.63) is 47.9 Å². The fourth-order valence-electron chi connectivity index (χ4n) is 4.20. The van der Waals surface area contributed by atoms with E-state index in [0.717, 1.165) is 5.56 Å². The molecule has 0 unspecified atom stereocenters. The Morgan fingerprint density at radius 2 is 1.97 bits per heavy atom. The van der Waals surface area contributed by atoms with Crippen LogP contribution in [0, 0.1) is 6.92 Å². The summed E-state index contributed by atoms with van der Waals surface area (Å²) < 4.78 is 16.1. The predicted octanol–water partition coefficient (Wildman–Crippen LogP) is 1.60. The third-order valence-corrected chi connectivity index (χ3v) is 5.80. The van der Waals surface area contributed by atoms with E-state index in [9.17, 15) is 9.59 Å². The number of carbonyl (C=O) groups is 2. The first-order valence-electron chi connectivity index (χ1n) is 10.1. The lowest BCUT2D eigenvalue weighted by atomic mass is 9.86. The molecule has 4 heterocycles. The van der Waals surface area contributed by atoms with E-state index >= 15 is 0 Å². The number of carbonyl (C=O) groups excluding carboxylic acids is 2. The van der Waals surface area contributed by atoms with Gasteiger partial charge in [-0.2, -0.15) is 0 Å². The highest BCUT2D eigenvalue weighted by Crippen LogP contribution is 2.40. The molecule has 0 radical (unpaired) electrons. The second-order valence-corrected chi connectivity index (χ2v) is 7.55. The highest BCUT2D eigenvalue weighted by atomic mass is 16.5. The number of likely N-dealkylation sites (tertiary alicyclic amines) is 2. The molecule has 9 nitrogen and oxygen atoms in total. The van der Waals surface area contributed by atoms with Crippen LogP contribution in [0.2, 0.25) is 0 Å². The van der Waals surface area contributed by atoms with Crippen LogP contribution >= 0.6 is 0 Å². The molecule has 0 bridgehead atoms. The van der Waals surface area contributed by atoms with E-state index in [4.69, 9.17) is 13.9 Å². The Morgan fingerprint density at radius 3 is 2.60 bits per heavy atom. The number of oxazole rings is 1. The predicted molar refractivity (Wildman–Crippen MR) is 106 cm³/mol. The summed E-state index contributed by atoms with van der Waals surface area (Å²) in [4.78, 5) is 37.3. The van der Waals surface area contributed by atoms with Crippen molar-refractivity contribution in [3.63, 3.8) is 0 Å². The van der Waals surface area contributed by atoms with Crippen molar-refractivity contribution < 1.29 is 23.5 Å². The average Bonchev–Trinajstić information content (AvgIpc) is 3.21. The Morgan fingerprint density at radius 1 is 1.23 bits per heavy atom. The number of methoxy groups -OCH3 is 1. The molecule has 0 spiro atoms. The number of rotatable bonds is 7. The number of aromatic nitrogens is 2. The maximum atomic E-state index is 12.9. The molecule has 0 saturated carbocycles. The molecule has 0 N–H and O–H groups in total. The molecule has 4 rings (SSSR count). The summed E-state index contributed by atoms with van der Waals surface area (Å²) >= 11 is 0. The van der Waals surface area contributed by atoms with Crippen LogP contribution in [0.4, 0.5) is 0 Å². The van der Waals surface area contributed by atoms with Crippen molar-refractivity contribution in [3.8, 4) is 0 Å². The van der Waals surface area contributed by atoms with Gasteiger partial charge < -0.3 is 23.7 Å². The number of pyridine rings is 1. The second-order valence-electron chi connectivity index (χ2n) is 7.55. The maximum Gasteiger partial charge on any atom is 0.291 e. The average molecular weight is 414 g/mol. The first-order chi connectivity index (χ1) is 14.6. The van der Waals surface area contributed by atoms with Crippen LogP contribution in [0.3, 0.4) is 0 Å². The third kappa shape index (κ3) is 3.82. The number of piperidine rings is 1. The highest BCUT2D eigenvalue weighted by Gasteiger charge is 2.52. The number of β-lactam (4-membered cyclic amide) rings is 1. The normalized spacial score (nSPS) is 22.3. The number of hydrogen-bond donors (Lipinski definition) is 0. The molecular weight excluding hydrogens is 388 g/mol. The fourth-order valence-corrected chi connectivity index (χ4v) is 4.20. The van der Waals surface area contributed by atoms with Crippen molar-refractivity contribution in [1.82, 2.24) is 19.8 Å². The van der Waals surface area contributed by atoms with E-state index < -0.39 is 6.10 Å². The van der Waals surface area contributed by atoms with Crippen LogP contribution in [0.15, 0.2) is 35.3 Å². The Labute approximate surface area is 175 Å². The summed E-state index contributed by atoms with van der Waals surface area (Å²) in [6.07, 6.45) is 5.64. The van der Waals surface area contributed by atoms with Gasteiger partial charge in [0.25, 0.3) is 11.8 Å². The van der Waals surface area contributed by atoms with Crippen LogP contribution in [0.1, 0.15) is 40.7 Å². The van der Waals surface area contributed by atoms with Gasteiger partial charge >= 0.3 is 0 Å². The first-order valence-corrected chi connectivity index (χ1v) is 10.1. The van der Waals surface area contributed by atoms with E-state index in [1.54, 1.807) is 31.3 Å². The summed E-state index contributed by atoms with van der Waals surface area (Å²) in [5.74, 6) is 0.128. The summed E-state index contributed by atoms with van der Waals surface area (Å²) in [5, 5.41) is 0. The number of hydrogen-bond acceptors (Lipinski definition) is 7. The van der Waals surface area contributed by atoms with Gasteiger partial charge in [-0.25, -0.2) is 4.98 Å². The van der Waals surface area contributed by atoms with Crippen LogP contribution in [-0.2, 0) is 14.3 Å². The fraction of sp³-hybridized carbons (Fsp3) is 0.524. The zero-order valence-electron chi connectivity index (χ0n) is 17.2. The molecule has 2 amide bonds. The minimum atomic E-state index is -0.515. The largest absolute Gasteiger partial charge is 0.438 e. The summed E-state index contributed by atoms with van der Waals surface area (Å²) in [6.45, 7) is 3.68. The van der Waals surface area contributed by atoms with Crippen LogP contribution in [0.25, 0.3) is 0 Å². The van der Waals surface area contributed by atoms with E-state index in [-0.39, 0.29) is 29.7 Å². The molecule has 2 saturated heterocycles. The van der Waals surface area contributed by atoms with Crippen LogP contribution in [-0.4, -0.2) is 77.1 Å². The van der Waals surface area contributed by atoms with Gasteiger partial charge in [-0.15, -0.1) is 0 Å². The molecule has 0 aromatic carbocycles. The van der Waals surface area contributed by atoms with E-state index in [1.165, 1.54) is 6.39 Å². The number of ether oxygens (including phenoxy) is 2. The number of nitrogens with zero attached hydrogens (tertiary/aromatic N) is 4. The quantitative estimate of drug-likeness (QED) is 0.501. The lowest BCUT2D eigenvalue weighted by Gasteiger charge is -2.52. The third-order valence-electron chi connectivity index (χ3n) is 5.80. The summed E-state index contributed by atoms with van der Waals surface area (Å²) in [6, 6.07) is 3.74. The minimum Gasteiger partial charge on any atom is -0.438 e. The number of amides is 2. The monoisotopic (exact) mass is 414 g/mol. The molecule has 160 valence electrons. The van der Waals surface area contributed by atoms with Gasteiger partial charge in [-0.1, -0.05) is 0 Å². The van der Waals surface area contributed by atoms with Crippen molar-refractivity contribution in [2.24, 2.45) is 0 Å². The Bertz CT molecular complexity index is 879. The summed E-state index contributed by atoms with van der Waals surface area (Å²) in [5.41, 5.74) is 1.59. The SMILES string of the molecule is COCCO[C@H]1C(=O)N(C2CCN(C(=O)c3ocnc3C)CC2)[C@H]1c1ccncc1. The first kappa shape index (κ1) is 20.5. The Balaban J connectivity index is 1.43. The smallest absolute Gasteiger partial charge is 0.291 e. The minimum absolute atomic E-state index is 0.0104. The van der Waals surface area contributed by atoms with Crippen molar-refractivity contribution in [1.29, 1.82) is 0 Å². The molecule has 0 aliphatic carbocycles.